The van der Waals surface area contributed by atoms with Gasteiger partial charge in [0.25, 0.3) is 0 Å². The van der Waals surface area contributed by atoms with Crippen molar-refractivity contribution < 1.29 is 28.9 Å². The third-order valence-corrected chi connectivity index (χ3v) is 2.88. The summed E-state index contributed by atoms with van der Waals surface area (Å²) in [6.07, 6.45) is -1.02. The molecule has 1 aromatic carbocycles. The Kier molecular flexibility index (Phi) is 6.24. The van der Waals surface area contributed by atoms with E-state index in [-0.39, 0.29) is 6.42 Å². The van der Waals surface area contributed by atoms with Crippen LogP contribution in [0, 0.1) is 0 Å². The Hall–Kier alpha value is -2.44. The van der Waals surface area contributed by atoms with E-state index in [9.17, 15) is 9.59 Å². The van der Waals surface area contributed by atoms with Gasteiger partial charge >= 0.3 is 12.1 Å². The highest BCUT2D eigenvalue weighted by Crippen LogP contribution is 2.31. The largest absolute Gasteiger partial charge is 0.497 e. The van der Waals surface area contributed by atoms with E-state index in [1.54, 1.807) is 39.0 Å². The van der Waals surface area contributed by atoms with E-state index >= 15 is 0 Å². The monoisotopic (exact) mass is 325 g/mol. The molecule has 1 rings (SSSR count). The minimum absolute atomic E-state index is 0.317. The summed E-state index contributed by atoms with van der Waals surface area (Å²) in [4.78, 5) is 23.1. The number of aliphatic carboxylic acids is 1. The van der Waals surface area contributed by atoms with Crippen LogP contribution in [0.5, 0.6) is 11.5 Å². The number of carbonyl (C=O) groups is 2. The average Bonchev–Trinajstić information content (AvgIpc) is 2.43. The number of carboxylic acid groups (broad SMARTS) is 1. The lowest BCUT2D eigenvalue weighted by molar-refractivity contribution is -0.137. The number of rotatable bonds is 6. The molecule has 7 nitrogen and oxygen atoms in total. The van der Waals surface area contributed by atoms with Crippen molar-refractivity contribution in [1.29, 1.82) is 0 Å². The summed E-state index contributed by atoms with van der Waals surface area (Å²) in [6.45, 7) is 5.18. The number of hydrogen-bond donors (Lipinski definition) is 2. The van der Waals surface area contributed by atoms with Gasteiger partial charge in [0, 0.05) is 5.56 Å². The molecule has 0 heterocycles. The standard InChI is InChI=1S/C16H23NO6/c1-16(2,3)23-15(20)17-12(9-14(18)19)11-8-10(21-4)6-7-13(11)22-5/h6-8,12H,9H2,1-5H3,(H,17,20)(H,18,19)/t12-/m0/s1. The van der Waals surface area contributed by atoms with Gasteiger partial charge in [0.15, 0.2) is 0 Å². The number of nitrogens with one attached hydrogen (secondary N) is 1. The molecule has 0 radical (unpaired) electrons. The van der Waals surface area contributed by atoms with Crippen molar-refractivity contribution >= 4 is 12.1 Å². The number of hydrogen-bond acceptors (Lipinski definition) is 5. The molecule has 1 aromatic rings. The molecule has 1 atom stereocenters. The molecule has 0 spiro atoms. The smallest absolute Gasteiger partial charge is 0.408 e. The second kappa shape index (κ2) is 7.71. The predicted molar refractivity (Wildman–Crippen MR) is 83.9 cm³/mol. The lowest BCUT2D eigenvalue weighted by atomic mass is 10.0. The summed E-state index contributed by atoms with van der Waals surface area (Å²) in [7, 11) is 2.97. The molecule has 0 fully saturated rings. The van der Waals surface area contributed by atoms with Crippen molar-refractivity contribution in [3.05, 3.63) is 23.8 Å². The Labute approximate surface area is 135 Å². The van der Waals surface area contributed by atoms with E-state index in [0.717, 1.165) is 0 Å². The maximum Gasteiger partial charge on any atom is 0.408 e. The highest BCUT2D eigenvalue weighted by atomic mass is 16.6. The van der Waals surface area contributed by atoms with Gasteiger partial charge in [-0.05, 0) is 39.0 Å². The van der Waals surface area contributed by atoms with Gasteiger partial charge in [-0.1, -0.05) is 0 Å². The predicted octanol–water partition coefficient (Wildman–Crippen LogP) is 2.74. The molecular formula is C16H23NO6. The average molecular weight is 325 g/mol. The topological polar surface area (TPSA) is 94.1 Å². The van der Waals surface area contributed by atoms with Gasteiger partial charge in [0.1, 0.15) is 17.1 Å². The summed E-state index contributed by atoms with van der Waals surface area (Å²) in [5, 5.41) is 11.7. The van der Waals surface area contributed by atoms with Crippen LogP contribution in [0.25, 0.3) is 0 Å². The van der Waals surface area contributed by atoms with Crippen LogP contribution >= 0.6 is 0 Å². The Balaban J connectivity index is 3.11. The van der Waals surface area contributed by atoms with Crippen LogP contribution in [-0.4, -0.2) is 37.0 Å². The zero-order valence-electron chi connectivity index (χ0n) is 14.0. The van der Waals surface area contributed by atoms with Gasteiger partial charge in [-0.2, -0.15) is 0 Å². The summed E-state index contributed by atoms with van der Waals surface area (Å²) in [5.41, 5.74) is -0.184. The first-order valence-corrected chi connectivity index (χ1v) is 7.09. The summed E-state index contributed by atoms with van der Waals surface area (Å²) >= 11 is 0. The van der Waals surface area contributed by atoms with Crippen LogP contribution < -0.4 is 14.8 Å². The van der Waals surface area contributed by atoms with Gasteiger partial charge in [0.05, 0.1) is 26.7 Å². The number of carboxylic acids is 1. The van der Waals surface area contributed by atoms with Crippen LogP contribution in [0.4, 0.5) is 4.79 Å². The molecule has 0 saturated heterocycles. The fourth-order valence-electron chi connectivity index (χ4n) is 1.97. The minimum atomic E-state index is -1.06. The highest BCUT2D eigenvalue weighted by molar-refractivity contribution is 5.72. The first kappa shape index (κ1) is 18.6. The maximum absolute atomic E-state index is 12.0. The Morgan fingerprint density at radius 1 is 1.22 bits per heavy atom. The van der Waals surface area contributed by atoms with E-state index in [2.05, 4.69) is 5.32 Å². The molecule has 0 unspecified atom stereocenters. The quantitative estimate of drug-likeness (QED) is 0.835. The van der Waals surface area contributed by atoms with Gasteiger partial charge < -0.3 is 24.6 Å². The van der Waals surface area contributed by atoms with E-state index in [1.807, 2.05) is 0 Å². The molecule has 128 valence electrons. The zero-order valence-corrected chi connectivity index (χ0v) is 14.0. The van der Waals surface area contributed by atoms with E-state index in [4.69, 9.17) is 19.3 Å². The van der Waals surface area contributed by atoms with Crippen LogP contribution in [0.2, 0.25) is 0 Å². The number of ether oxygens (including phenoxy) is 3. The number of alkyl carbamates (subject to hydrolysis) is 1. The summed E-state index contributed by atoms with van der Waals surface area (Å²) < 4.78 is 15.6. The van der Waals surface area contributed by atoms with Crippen LogP contribution in [0.15, 0.2) is 18.2 Å². The Morgan fingerprint density at radius 2 is 1.87 bits per heavy atom. The molecule has 0 bridgehead atoms. The van der Waals surface area contributed by atoms with Crippen molar-refractivity contribution in [3.8, 4) is 11.5 Å². The summed E-state index contributed by atoms with van der Waals surface area (Å²) in [5.74, 6) is -0.0776. The second-order valence-electron chi connectivity index (χ2n) is 5.90. The molecule has 0 aromatic heterocycles. The molecule has 1 amide bonds. The number of amides is 1. The zero-order chi connectivity index (χ0) is 17.6. The fraction of sp³-hybridized carbons (Fsp3) is 0.500. The maximum atomic E-state index is 12.0. The van der Waals surface area contributed by atoms with Crippen molar-refractivity contribution in [2.75, 3.05) is 14.2 Å². The van der Waals surface area contributed by atoms with E-state index in [1.165, 1.54) is 14.2 Å². The first-order valence-electron chi connectivity index (χ1n) is 7.09. The van der Waals surface area contributed by atoms with Crippen LogP contribution in [-0.2, 0) is 9.53 Å². The fourth-order valence-corrected chi connectivity index (χ4v) is 1.97. The number of methoxy groups -OCH3 is 2. The third-order valence-electron chi connectivity index (χ3n) is 2.88. The van der Waals surface area contributed by atoms with Gasteiger partial charge in [-0.3, -0.25) is 4.79 Å². The summed E-state index contributed by atoms with van der Waals surface area (Å²) in [6, 6.07) is 4.16. The van der Waals surface area contributed by atoms with Gasteiger partial charge in [-0.15, -0.1) is 0 Å². The van der Waals surface area contributed by atoms with E-state index < -0.39 is 23.7 Å². The van der Waals surface area contributed by atoms with Gasteiger partial charge in [-0.25, -0.2) is 4.79 Å². The first-order chi connectivity index (χ1) is 10.7. The molecule has 0 aliphatic rings. The minimum Gasteiger partial charge on any atom is -0.497 e. The Morgan fingerprint density at radius 3 is 2.35 bits per heavy atom. The van der Waals surface area contributed by atoms with Crippen LogP contribution in [0.3, 0.4) is 0 Å². The molecule has 23 heavy (non-hydrogen) atoms. The van der Waals surface area contributed by atoms with Crippen molar-refractivity contribution in [2.24, 2.45) is 0 Å². The van der Waals surface area contributed by atoms with Crippen LogP contribution in [0.1, 0.15) is 38.8 Å². The normalized spacial score (nSPS) is 12.2. The van der Waals surface area contributed by atoms with Crippen molar-refractivity contribution in [3.63, 3.8) is 0 Å². The molecule has 0 aliphatic carbocycles. The lowest BCUT2D eigenvalue weighted by Crippen LogP contribution is -2.36. The highest BCUT2D eigenvalue weighted by Gasteiger charge is 2.25. The SMILES string of the molecule is COc1ccc(OC)c([C@H](CC(=O)O)NC(=O)OC(C)(C)C)c1. The third kappa shape index (κ3) is 6.06. The van der Waals surface area contributed by atoms with Crippen molar-refractivity contribution in [2.45, 2.75) is 38.8 Å². The molecule has 0 saturated carbocycles. The number of carbonyl (C=O) groups excluding carboxylic acids is 1. The molecule has 7 heteroatoms. The Bertz CT molecular complexity index is 564. The van der Waals surface area contributed by atoms with Crippen molar-refractivity contribution in [1.82, 2.24) is 5.32 Å². The number of benzene rings is 1. The molecule has 0 aliphatic heterocycles. The lowest BCUT2D eigenvalue weighted by Gasteiger charge is -2.24. The molecular weight excluding hydrogens is 302 g/mol. The van der Waals surface area contributed by atoms with Gasteiger partial charge in [0.2, 0.25) is 0 Å². The second-order valence-corrected chi connectivity index (χ2v) is 5.90. The van der Waals surface area contributed by atoms with E-state index in [0.29, 0.717) is 17.1 Å². The molecule has 2 N–H and O–H groups in total.